The Morgan fingerprint density at radius 2 is 2.04 bits per heavy atom. The zero-order chi connectivity index (χ0) is 16.9. The monoisotopic (exact) mass is 326 g/mol. The van der Waals surface area contributed by atoms with Gasteiger partial charge in [-0.2, -0.15) is 0 Å². The van der Waals surface area contributed by atoms with Gasteiger partial charge in [-0.25, -0.2) is 9.37 Å². The maximum Gasteiger partial charge on any atom is 0.233 e. The number of hydrogen-bond acceptors (Lipinski definition) is 4. The SMILES string of the molecule is CCOc1cc(CC)c(Cn2ccnc2-c2cccc(F)c2)nn1. The van der Waals surface area contributed by atoms with Crippen molar-refractivity contribution in [1.29, 1.82) is 0 Å². The van der Waals surface area contributed by atoms with Crippen LogP contribution >= 0.6 is 0 Å². The van der Waals surface area contributed by atoms with Crippen LogP contribution in [0.3, 0.4) is 0 Å². The van der Waals surface area contributed by atoms with Crippen LogP contribution < -0.4 is 4.74 Å². The predicted octanol–water partition coefficient (Wildman–Crippen LogP) is 3.49. The fourth-order valence-electron chi connectivity index (χ4n) is 2.58. The highest BCUT2D eigenvalue weighted by Crippen LogP contribution is 2.21. The number of rotatable bonds is 6. The molecule has 24 heavy (non-hydrogen) atoms. The van der Waals surface area contributed by atoms with Crippen molar-refractivity contribution in [3.63, 3.8) is 0 Å². The molecule has 0 aliphatic rings. The second-order valence-electron chi connectivity index (χ2n) is 5.33. The van der Waals surface area contributed by atoms with E-state index in [1.165, 1.54) is 12.1 Å². The van der Waals surface area contributed by atoms with E-state index in [2.05, 4.69) is 22.1 Å². The van der Waals surface area contributed by atoms with Crippen molar-refractivity contribution < 1.29 is 9.13 Å². The van der Waals surface area contributed by atoms with E-state index < -0.39 is 0 Å². The van der Waals surface area contributed by atoms with Gasteiger partial charge in [0.05, 0.1) is 18.8 Å². The van der Waals surface area contributed by atoms with Crippen LogP contribution in [0.1, 0.15) is 25.1 Å². The van der Waals surface area contributed by atoms with Crippen LogP contribution in [0.15, 0.2) is 42.7 Å². The summed E-state index contributed by atoms with van der Waals surface area (Å²) < 4.78 is 20.8. The second kappa shape index (κ2) is 7.21. The number of aryl methyl sites for hydroxylation is 1. The maximum absolute atomic E-state index is 13.5. The van der Waals surface area contributed by atoms with Gasteiger partial charge in [0.2, 0.25) is 5.88 Å². The normalized spacial score (nSPS) is 10.8. The van der Waals surface area contributed by atoms with Gasteiger partial charge in [0, 0.05) is 24.0 Å². The first kappa shape index (κ1) is 16.1. The lowest BCUT2D eigenvalue weighted by molar-refractivity contribution is 0.321. The Bertz CT molecular complexity index is 831. The van der Waals surface area contributed by atoms with Crippen LogP contribution in [0, 0.1) is 5.82 Å². The van der Waals surface area contributed by atoms with Crippen LogP contribution in [0.4, 0.5) is 4.39 Å². The van der Waals surface area contributed by atoms with Crippen molar-refractivity contribution in [2.24, 2.45) is 0 Å². The molecule has 0 aliphatic heterocycles. The number of nitrogens with zero attached hydrogens (tertiary/aromatic N) is 4. The van der Waals surface area contributed by atoms with E-state index in [1.54, 1.807) is 12.3 Å². The van der Waals surface area contributed by atoms with Crippen molar-refractivity contribution in [2.75, 3.05) is 6.61 Å². The van der Waals surface area contributed by atoms with Crippen LogP contribution in [0.2, 0.25) is 0 Å². The average molecular weight is 326 g/mol. The van der Waals surface area contributed by atoms with E-state index in [0.717, 1.165) is 23.2 Å². The molecule has 3 rings (SSSR count). The number of hydrogen-bond donors (Lipinski definition) is 0. The minimum atomic E-state index is -0.280. The van der Waals surface area contributed by atoms with Gasteiger partial charge in [-0.3, -0.25) is 0 Å². The molecule has 0 aliphatic carbocycles. The third-order valence-corrected chi connectivity index (χ3v) is 3.73. The molecule has 0 spiro atoms. The summed E-state index contributed by atoms with van der Waals surface area (Å²) in [6.45, 7) is 5.06. The van der Waals surface area contributed by atoms with Gasteiger partial charge in [0.25, 0.3) is 0 Å². The summed E-state index contributed by atoms with van der Waals surface area (Å²) in [6, 6.07) is 8.34. The molecule has 0 amide bonds. The summed E-state index contributed by atoms with van der Waals surface area (Å²) in [7, 11) is 0. The summed E-state index contributed by atoms with van der Waals surface area (Å²) in [6.07, 6.45) is 4.39. The Labute approximate surface area is 140 Å². The Morgan fingerprint density at radius 1 is 1.17 bits per heavy atom. The third kappa shape index (κ3) is 3.42. The quantitative estimate of drug-likeness (QED) is 0.696. The highest BCUT2D eigenvalue weighted by molar-refractivity contribution is 5.55. The van der Waals surface area contributed by atoms with Gasteiger partial charge < -0.3 is 9.30 Å². The van der Waals surface area contributed by atoms with Gasteiger partial charge in [0.15, 0.2) is 0 Å². The molecular formula is C18H19FN4O. The zero-order valence-corrected chi connectivity index (χ0v) is 13.7. The van der Waals surface area contributed by atoms with Crippen LogP contribution in [-0.2, 0) is 13.0 Å². The molecule has 2 heterocycles. The highest BCUT2D eigenvalue weighted by atomic mass is 19.1. The molecule has 0 saturated carbocycles. The number of aromatic nitrogens is 4. The zero-order valence-electron chi connectivity index (χ0n) is 13.7. The van der Waals surface area contributed by atoms with Crippen molar-refractivity contribution in [1.82, 2.24) is 19.7 Å². The van der Waals surface area contributed by atoms with Crippen molar-refractivity contribution in [2.45, 2.75) is 26.8 Å². The van der Waals surface area contributed by atoms with Crippen molar-refractivity contribution in [3.8, 4) is 17.3 Å². The summed E-state index contributed by atoms with van der Waals surface area (Å²) in [5.41, 5.74) is 2.67. The summed E-state index contributed by atoms with van der Waals surface area (Å²) in [4.78, 5) is 4.35. The van der Waals surface area contributed by atoms with Gasteiger partial charge in [-0.15, -0.1) is 10.2 Å². The molecule has 3 aromatic rings. The number of halogens is 1. The smallest absolute Gasteiger partial charge is 0.233 e. The first-order valence-corrected chi connectivity index (χ1v) is 7.96. The van der Waals surface area contributed by atoms with Crippen molar-refractivity contribution in [3.05, 3.63) is 59.8 Å². The second-order valence-corrected chi connectivity index (χ2v) is 5.33. The molecular weight excluding hydrogens is 307 g/mol. The number of benzene rings is 1. The van der Waals surface area contributed by atoms with E-state index in [0.29, 0.717) is 24.9 Å². The van der Waals surface area contributed by atoms with Crippen LogP contribution in [-0.4, -0.2) is 26.4 Å². The van der Waals surface area contributed by atoms with Gasteiger partial charge in [-0.05, 0) is 31.0 Å². The molecule has 0 atom stereocenters. The first-order valence-electron chi connectivity index (χ1n) is 7.96. The summed E-state index contributed by atoms with van der Waals surface area (Å²) >= 11 is 0. The van der Waals surface area contributed by atoms with E-state index >= 15 is 0 Å². The van der Waals surface area contributed by atoms with E-state index in [-0.39, 0.29) is 5.82 Å². The molecule has 6 heteroatoms. The van der Waals surface area contributed by atoms with Crippen LogP contribution in [0.5, 0.6) is 5.88 Å². The fraction of sp³-hybridized carbons (Fsp3) is 0.278. The molecule has 0 fully saturated rings. The Morgan fingerprint density at radius 3 is 2.79 bits per heavy atom. The van der Waals surface area contributed by atoms with Crippen LogP contribution in [0.25, 0.3) is 11.4 Å². The van der Waals surface area contributed by atoms with Gasteiger partial charge in [-0.1, -0.05) is 19.1 Å². The van der Waals surface area contributed by atoms with E-state index in [9.17, 15) is 4.39 Å². The first-order chi connectivity index (χ1) is 11.7. The Balaban J connectivity index is 1.91. The summed E-state index contributed by atoms with van der Waals surface area (Å²) in [5.74, 6) is 0.957. The minimum Gasteiger partial charge on any atom is -0.477 e. The molecule has 0 N–H and O–H groups in total. The standard InChI is InChI=1S/C18H19FN4O/c1-3-13-11-17(24-4-2)22-21-16(13)12-23-9-8-20-18(23)14-6-5-7-15(19)10-14/h5-11H,3-4,12H2,1-2H3. The number of ether oxygens (including phenoxy) is 1. The lowest BCUT2D eigenvalue weighted by atomic mass is 10.1. The summed E-state index contributed by atoms with van der Waals surface area (Å²) in [5, 5.41) is 8.41. The molecule has 0 unspecified atom stereocenters. The maximum atomic E-state index is 13.5. The lowest BCUT2D eigenvalue weighted by Gasteiger charge is -2.11. The third-order valence-electron chi connectivity index (χ3n) is 3.73. The predicted molar refractivity (Wildman–Crippen MR) is 89.3 cm³/mol. The molecule has 0 saturated heterocycles. The minimum absolute atomic E-state index is 0.280. The molecule has 0 radical (unpaired) electrons. The van der Waals surface area contributed by atoms with Gasteiger partial charge in [0.1, 0.15) is 11.6 Å². The Kier molecular flexibility index (Phi) is 4.84. The molecule has 1 aromatic carbocycles. The largest absolute Gasteiger partial charge is 0.477 e. The van der Waals surface area contributed by atoms with E-state index in [1.807, 2.05) is 29.8 Å². The Hall–Kier alpha value is -2.76. The lowest BCUT2D eigenvalue weighted by Crippen LogP contribution is -2.08. The fourth-order valence-corrected chi connectivity index (χ4v) is 2.58. The highest BCUT2D eigenvalue weighted by Gasteiger charge is 2.11. The number of imidazole rings is 1. The average Bonchev–Trinajstić information content (AvgIpc) is 3.04. The molecule has 124 valence electrons. The molecule has 2 aromatic heterocycles. The molecule has 5 nitrogen and oxygen atoms in total. The molecule has 0 bridgehead atoms. The topological polar surface area (TPSA) is 52.8 Å². The van der Waals surface area contributed by atoms with Gasteiger partial charge >= 0.3 is 0 Å². The van der Waals surface area contributed by atoms with E-state index in [4.69, 9.17) is 4.74 Å². The van der Waals surface area contributed by atoms with Crippen molar-refractivity contribution >= 4 is 0 Å².